The van der Waals surface area contributed by atoms with Gasteiger partial charge in [-0.15, -0.1) is 5.10 Å². The number of piperidine rings is 1. The van der Waals surface area contributed by atoms with Gasteiger partial charge in [0, 0.05) is 32.9 Å². The fraction of sp³-hybridized carbons (Fsp3) is 0.684. The number of aromatic nitrogens is 5. The van der Waals surface area contributed by atoms with Gasteiger partial charge in [-0.3, -0.25) is 14.2 Å². The first kappa shape index (κ1) is 18.6. The van der Waals surface area contributed by atoms with E-state index in [0.29, 0.717) is 11.6 Å². The third-order valence-electron chi connectivity index (χ3n) is 5.14. The first-order valence-electron chi connectivity index (χ1n) is 9.81. The van der Waals surface area contributed by atoms with Crippen LogP contribution < -0.4 is 0 Å². The van der Waals surface area contributed by atoms with E-state index >= 15 is 0 Å². The summed E-state index contributed by atoms with van der Waals surface area (Å²) < 4.78 is 3.66. The third kappa shape index (κ3) is 4.31. The lowest BCUT2D eigenvalue weighted by Crippen LogP contribution is -2.41. The lowest BCUT2D eigenvalue weighted by molar-refractivity contribution is 0.0648. The van der Waals surface area contributed by atoms with Crippen molar-refractivity contribution in [1.29, 1.82) is 0 Å². The summed E-state index contributed by atoms with van der Waals surface area (Å²) in [5, 5.41) is 12.9. The first-order valence-corrected chi connectivity index (χ1v) is 9.81. The van der Waals surface area contributed by atoms with Crippen molar-refractivity contribution in [3.8, 4) is 0 Å². The number of hydrogen-bond donors (Lipinski definition) is 0. The number of amides is 1. The zero-order valence-corrected chi connectivity index (χ0v) is 16.2. The molecule has 2 aromatic heterocycles. The van der Waals surface area contributed by atoms with E-state index in [9.17, 15) is 4.79 Å². The van der Waals surface area contributed by atoms with Gasteiger partial charge in [0.1, 0.15) is 5.69 Å². The molecular weight excluding hydrogens is 328 g/mol. The summed E-state index contributed by atoms with van der Waals surface area (Å²) in [6, 6.07) is 1.92. The molecule has 1 amide bonds. The Hall–Kier alpha value is -2.18. The van der Waals surface area contributed by atoms with Crippen molar-refractivity contribution in [2.24, 2.45) is 13.0 Å². The largest absolute Gasteiger partial charge is 0.337 e. The van der Waals surface area contributed by atoms with Crippen LogP contribution in [0.2, 0.25) is 0 Å². The van der Waals surface area contributed by atoms with E-state index in [1.165, 1.54) is 6.42 Å². The summed E-state index contributed by atoms with van der Waals surface area (Å²) in [7, 11) is 1.85. The molecule has 7 nitrogen and oxygen atoms in total. The Bertz CT molecular complexity index is 734. The van der Waals surface area contributed by atoms with Crippen molar-refractivity contribution < 1.29 is 4.79 Å². The Morgan fingerprint density at radius 3 is 2.88 bits per heavy atom. The average molecular weight is 358 g/mol. The van der Waals surface area contributed by atoms with E-state index < -0.39 is 0 Å². The molecule has 0 aromatic carbocycles. The molecule has 142 valence electrons. The van der Waals surface area contributed by atoms with E-state index in [-0.39, 0.29) is 5.91 Å². The topological polar surface area (TPSA) is 68.8 Å². The van der Waals surface area contributed by atoms with Gasteiger partial charge in [-0.2, -0.15) is 5.10 Å². The molecule has 1 atom stereocenters. The van der Waals surface area contributed by atoms with Crippen LogP contribution >= 0.6 is 0 Å². The van der Waals surface area contributed by atoms with Crippen molar-refractivity contribution in [2.45, 2.75) is 58.9 Å². The lowest BCUT2D eigenvalue weighted by atomic mass is 9.97. The van der Waals surface area contributed by atoms with Crippen LogP contribution in [0.15, 0.2) is 12.3 Å². The summed E-state index contributed by atoms with van der Waals surface area (Å²) in [4.78, 5) is 14.9. The van der Waals surface area contributed by atoms with Crippen molar-refractivity contribution in [1.82, 2.24) is 29.7 Å². The van der Waals surface area contributed by atoms with Gasteiger partial charge in [0.15, 0.2) is 0 Å². The molecule has 0 radical (unpaired) electrons. The van der Waals surface area contributed by atoms with Crippen LogP contribution in [0.25, 0.3) is 0 Å². The highest BCUT2D eigenvalue weighted by Crippen LogP contribution is 2.20. The predicted molar refractivity (Wildman–Crippen MR) is 99.8 cm³/mol. The molecule has 0 aliphatic carbocycles. The maximum Gasteiger partial charge on any atom is 0.272 e. The van der Waals surface area contributed by atoms with E-state index in [4.69, 9.17) is 0 Å². The summed E-state index contributed by atoms with van der Waals surface area (Å²) in [6.45, 7) is 6.66. The molecule has 0 bridgehead atoms. The average Bonchev–Trinajstić information content (AvgIpc) is 3.25. The van der Waals surface area contributed by atoms with Crippen LogP contribution in [0.3, 0.4) is 0 Å². The van der Waals surface area contributed by atoms with Gasteiger partial charge < -0.3 is 4.90 Å². The maximum atomic E-state index is 12.9. The second kappa shape index (κ2) is 8.47. The minimum absolute atomic E-state index is 0.0895. The Morgan fingerprint density at radius 2 is 2.15 bits per heavy atom. The summed E-state index contributed by atoms with van der Waals surface area (Å²) in [5.74, 6) is 0.513. The number of carbonyl (C=O) groups is 1. The molecule has 0 N–H and O–H groups in total. The molecule has 2 aromatic rings. The molecular formula is C19H30N6O. The fourth-order valence-electron chi connectivity index (χ4n) is 3.62. The van der Waals surface area contributed by atoms with Gasteiger partial charge in [-0.1, -0.05) is 25.5 Å². The van der Waals surface area contributed by atoms with Crippen LogP contribution in [0.4, 0.5) is 0 Å². The highest BCUT2D eigenvalue weighted by atomic mass is 16.2. The second-order valence-corrected chi connectivity index (χ2v) is 7.29. The molecule has 1 aliphatic rings. The Balaban J connectivity index is 1.60. The molecule has 3 rings (SSSR count). The van der Waals surface area contributed by atoms with Gasteiger partial charge >= 0.3 is 0 Å². The number of carbonyl (C=O) groups excluding carboxylic acids is 1. The van der Waals surface area contributed by atoms with Crippen LogP contribution in [-0.2, 0) is 26.4 Å². The Labute approximate surface area is 155 Å². The van der Waals surface area contributed by atoms with E-state index in [1.807, 2.05) is 22.7 Å². The van der Waals surface area contributed by atoms with Crippen LogP contribution in [0.5, 0.6) is 0 Å². The molecule has 26 heavy (non-hydrogen) atoms. The van der Waals surface area contributed by atoms with Gasteiger partial charge in [0.25, 0.3) is 5.91 Å². The zero-order valence-electron chi connectivity index (χ0n) is 16.2. The Morgan fingerprint density at radius 1 is 1.31 bits per heavy atom. The number of likely N-dealkylation sites (tertiary alicyclic amines) is 1. The maximum absolute atomic E-state index is 12.9. The standard InChI is InChI=1S/C19H30N6O/c1-4-6-9-17-14-25(22-20-17)13-15-8-7-10-24(12-15)19(26)18-11-16(5-2)21-23(18)3/h11,14-15H,4-10,12-13H2,1-3H3/t15-/m1/s1. The molecule has 1 saturated heterocycles. The summed E-state index contributed by atoms with van der Waals surface area (Å²) >= 11 is 0. The van der Waals surface area contributed by atoms with Gasteiger partial charge in [0.05, 0.1) is 11.4 Å². The van der Waals surface area contributed by atoms with E-state index in [1.54, 1.807) is 4.68 Å². The van der Waals surface area contributed by atoms with E-state index in [2.05, 4.69) is 35.5 Å². The van der Waals surface area contributed by atoms with Crippen molar-refractivity contribution in [3.05, 3.63) is 29.3 Å². The predicted octanol–water partition coefficient (Wildman–Crippen LogP) is 2.47. The second-order valence-electron chi connectivity index (χ2n) is 7.29. The highest BCUT2D eigenvalue weighted by Gasteiger charge is 2.27. The third-order valence-corrected chi connectivity index (χ3v) is 5.14. The Kier molecular flexibility index (Phi) is 6.06. The number of hydrogen-bond acceptors (Lipinski definition) is 4. The molecule has 1 aliphatic heterocycles. The fourth-order valence-corrected chi connectivity index (χ4v) is 3.62. The molecule has 3 heterocycles. The number of aryl methyl sites for hydroxylation is 3. The van der Waals surface area contributed by atoms with Crippen LogP contribution in [0, 0.1) is 5.92 Å². The number of rotatable bonds is 7. The monoisotopic (exact) mass is 358 g/mol. The SMILES string of the molecule is CCCCc1cn(C[C@@H]2CCCN(C(=O)c3cc(CC)nn3C)C2)nn1. The molecule has 7 heteroatoms. The van der Waals surface area contributed by atoms with Gasteiger partial charge in [-0.25, -0.2) is 0 Å². The highest BCUT2D eigenvalue weighted by molar-refractivity contribution is 5.92. The van der Waals surface area contributed by atoms with Crippen molar-refractivity contribution in [3.63, 3.8) is 0 Å². The summed E-state index contributed by atoms with van der Waals surface area (Å²) in [6.07, 6.45) is 8.37. The zero-order chi connectivity index (χ0) is 18.5. The minimum atomic E-state index is 0.0895. The first-order chi connectivity index (χ1) is 12.6. The smallest absolute Gasteiger partial charge is 0.272 e. The number of unbranched alkanes of at least 4 members (excludes halogenated alkanes) is 1. The van der Waals surface area contributed by atoms with Crippen LogP contribution in [0.1, 0.15) is 61.4 Å². The molecule has 0 spiro atoms. The molecule has 0 unspecified atom stereocenters. The quantitative estimate of drug-likeness (QED) is 0.762. The number of nitrogens with zero attached hydrogens (tertiary/aromatic N) is 6. The molecule has 1 fully saturated rings. The summed E-state index contributed by atoms with van der Waals surface area (Å²) in [5.41, 5.74) is 2.72. The minimum Gasteiger partial charge on any atom is -0.337 e. The van der Waals surface area contributed by atoms with Crippen LogP contribution in [-0.4, -0.2) is 48.7 Å². The van der Waals surface area contributed by atoms with Gasteiger partial charge in [0.2, 0.25) is 0 Å². The lowest BCUT2D eigenvalue weighted by Gasteiger charge is -2.32. The molecule has 0 saturated carbocycles. The van der Waals surface area contributed by atoms with E-state index in [0.717, 1.165) is 63.1 Å². The van der Waals surface area contributed by atoms with Crippen molar-refractivity contribution in [2.75, 3.05) is 13.1 Å². The normalized spacial score (nSPS) is 17.7. The van der Waals surface area contributed by atoms with Crippen molar-refractivity contribution >= 4 is 5.91 Å². The van der Waals surface area contributed by atoms with Gasteiger partial charge in [-0.05, 0) is 44.1 Å².